The molecule has 0 bridgehead atoms. The maximum atomic E-state index is 5.68. The Morgan fingerprint density at radius 2 is 2.06 bits per heavy atom. The van der Waals surface area contributed by atoms with E-state index < -0.39 is 0 Å². The SMILES string of the molecule is CC(CCn1cc(CCl)nn1)c1ccccc1. The molecule has 1 aromatic carbocycles. The molecule has 90 valence electrons. The maximum Gasteiger partial charge on any atom is 0.0974 e. The number of benzene rings is 1. The third kappa shape index (κ3) is 3.30. The van der Waals surface area contributed by atoms with Gasteiger partial charge in [-0.3, -0.25) is 4.68 Å². The summed E-state index contributed by atoms with van der Waals surface area (Å²) in [5, 5.41) is 8.00. The molecule has 1 unspecified atom stereocenters. The number of nitrogens with zero attached hydrogens (tertiary/aromatic N) is 3. The molecule has 0 saturated heterocycles. The number of alkyl halides is 1. The van der Waals surface area contributed by atoms with Crippen LogP contribution in [0.3, 0.4) is 0 Å². The first-order valence-electron chi connectivity index (χ1n) is 5.79. The monoisotopic (exact) mass is 249 g/mol. The lowest BCUT2D eigenvalue weighted by Gasteiger charge is -2.11. The highest BCUT2D eigenvalue weighted by molar-refractivity contribution is 6.16. The number of aryl methyl sites for hydroxylation is 1. The lowest BCUT2D eigenvalue weighted by Crippen LogP contribution is -2.03. The van der Waals surface area contributed by atoms with E-state index in [1.807, 2.05) is 16.9 Å². The summed E-state index contributed by atoms with van der Waals surface area (Å²) in [5.74, 6) is 0.952. The van der Waals surface area contributed by atoms with Gasteiger partial charge in [-0.05, 0) is 17.9 Å². The van der Waals surface area contributed by atoms with Crippen molar-refractivity contribution in [2.75, 3.05) is 0 Å². The predicted molar refractivity (Wildman–Crippen MR) is 69.1 cm³/mol. The summed E-state index contributed by atoms with van der Waals surface area (Å²) in [4.78, 5) is 0. The Kier molecular flexibility index (Phi) is 4.15. The summed E-state index contributed by atoms with van der Waals surface area (Å²) in [6.45, 7) is 3.11. The van der Waals surface area contributed by atoms with E-state index in [1.165, 1.54) is 5.56 Å². The molecule has 0 saturated carbocycles. The smallest absolute Gasteiger partial charge is 0.0974 e. The van der Waals surface area contributed by atoms with Crippen molar-refractivity contribution >= 4 is 11.6 Å². The van der Waals surface area contributed by atoms with E-state index in [0.717, 1.165) is 18.7 Å². The van der Waals surface area contributed by atoms with Gasteiger partial charge in [0.2, 0.25) is 0 Å². The zero-order valence-electron chi connectivity index (χ0n) is 9.88. The van der Waals surface area contributed by atoms with Crippen LogP contribution in [-0.2, 0) is 12.4 Å². The zero-order valence-corrected chi connectivity index (χ0v) is 10.6. The molecule has 0 amide bonds. The lowest BCUT2D eigenvalue weighted by atomic mass is 9.98. The highest BCUT2D eigenvalue weighted by Gasteiger charge is 2.06. The fraction of sp³-hybridized carbons (Fsp3) is 0.385. The van der Waals surface area contributed by atoms with E-state index in [1.54, 1.807) is 0 Å². The minimum absolute atomic E-state index is 0.425. The second kappa shape index (κ2) is 5.82. The van der Waals surface area contributed by atoms with Crippen LogP contribution >= 0.6 is 11.6 Å². The summed E-state index contributed by atoms with van der Waals surface area (Å²) in [6.07, 6.45) is 2.96. The fourth-order valence-electron chi connectivity index (χ4n) is 1.78. The molecule has 1 atom stereocenters. The van der Waals surface area contributed by atoms with Gasteiger partial charge >= 0.3 is 0 Å². The summed E-state index contributed by atoms with van der Waals surface area (Å²) in [6, 6.07) is 10.5. The summed E-state index contributed by atoms with van der Waals surface area (Å²) < 4.78 is 1.86. The largest absolute Gasteiger partial charge is 0.252 e. The van der Waals surface area contributed by atoms with E-state index in [9.17, 15) is 0 Å². The van der Waals surface area contributed by atoms with Crippen LogP contribution in [0.1, 0.15) is 30.5 Å². The van der Waals surface area contributed by atoms with Crippen LogP contribution < -0.4 is 0 Å². The van der Waals surface area contributed by atoms with Gasteiger partial charge in [0, 0.05) is 12.7 Å². The molecule has 0 aliphatic carbocycles. The molecule has 2 rings (SSSR count). The standard InChI is InChI=1S/C13H16ClN3/c1-11(12-5-3-2-4-6-12)7-8-17-10-13(9-14)15-16-17/h2-6,10-11H,7-9H2,1H3. The molecule has 0 aliphatic rings. The van der Waals surface area contributed by atoms with Crippen molar-refractivity contribution in [3.63, 3.8) is 0 Å². The molecular weight excluding hydrogens is 234 g/mol. The molecule has 0 fully saturated rings. The van der Waals surface area contributed by atoms with Crippen LogP contribution in [0.15, 0.2) is 36.5 Å². The van der Waals surface area contributed by atoms with Gasteiger partial charge in [-0.15, -0.1) is 16.7 Å². The van der Waals surface area contributed by atoms with Gasteiger partial charge in [0.1, 0.15) is 0 Å². The number of halogens is 1. The molecule has 17 heavy (non-hydrogen) atoms. The molecule has 2 aromatic rings. The quantitative estimate of drug-likeness (QED) is 0.762. The van der Waals surface area contributed by atoms with Crippen LogP contribution in [0.4, 0.5) is 0 Å². The van der Waals surface area contributed by atoms with Crippen molar-refractivity contribution in [2.24, 2.45) is 0 Å². The second-order valence-corrected chi connectivity index (χ2v) is 4.47. The minimum atomic E-state index is 0.425. The van der Waals surface area contributed by atoms with Gasteiger partial charge < -0.3 is 0 Å². The molecule has 3 nitrogen and oxygen atoms in total. The van der Waals surface area contributed by atoms with Crippen molar-refractivity contribution in [1.82, 2.24) is 15.0 Å². The molecule has 0 N–H and O–H groups in total. The van der Waals surface area contributed by atoms with Crippen LogP contribution in [0.25, 0.3) is 0 Å². The van der Waals surface area contributed by atoms with Crippen LogP contribution in [0, 0.1) is 0 Å². The second-order valence-electron chi connectivity index (χ2n) is 4.21. The van der Waals surface area contributed by atoms with Crippen molar-refractivity contribution < 1.29 is 0 Å². The average Bonchev–Trinajstić information content (AvgIpc) is 2.85. The first-order valence-corrected chi connectivity index (χ1v) is 6.33. The van der Waals surface area contributed by atoms with Gasteiger partial charge in [0.15, 0.2) is 0 Å². The Morgan fingerprint density at radius 3 is 2.71 bits per heavy atom. The Hall–Kier alpha value is -1.35. The molecule has 1 aromatic heterocycles. The van der Waals surface area contributed by atoms with Crippen LogP contribution in [0.2, 0.25) is 0 Å². The van der Waals surface area contributed by atoms with Gasteiger partial charge in [0.25, 0.3) is 0 Å². The van der Waals surface area contributed by atoms with Crippen molar-refractivity contribution in [1.29, 1.82) is 0 Å². The van der Waals surface area contributed by atoms with Crippen LogP contribution in [0.5, 0.6) is 0 Å². The average molecular weight is 250 g/mol. The number of aromatic nitrogens is 3. The predicted octanol–water partition coefficient (Wildman–Crippen LogP) is 3.21. The topological polar surface area (TPSA) is 30.7 Å². The molecule has 4 heteroatoms. The summed E-state index contributed by atoms with van der Waals surface area (Å²) in [5.41, 5.74) is 2.20. The van der Waals surface area contributed by atoms with Crippen LogP contribution in [-0.4, -0.2) is 15.0 Å². The van der Waals surface area contributed by atoms with E-state index >= 15 is 0 Å². The van der Waals surface area contributed by atoms with Gasteiger partial charge in [-0.25, -0.2) is 0 Å². The highest BCUT2D eigenvalue weighted by Crippen LogP contribution is 2.18. The first kappa shape index (κ1) is 12.1. The fourth-order valence-corrected chi connectivity index (χ4v) is 1.91. The zero-order chi connectivity index (χ0) is 12.1. The third-order valence-corrected chi connectivity index (χ3v) is 3.16. The minimum Gasteiger partial charge on any atom is -0.252 e. The third-order valence-electron chi connectivity index (χ3n) is 2.88. The van der Waals surface area contributed by atoms with E-state index in [4.69, 9.17) is 11.6 Å². The Balaban J connectivity index is 1.90. The Morgan fingerprint density at radius 1 is 1.29 bits per heavy atom. The van der Waals surface area contributed by atoms with E-state index in [-0.39, 0.29) is 0 Å². The molecule has 0 aliphatic heterocycles. The molecule has 0 radical (unpaired) electrons. The first-order chi connectivity index (χ1) is 8.29. The Bertz CT molecular complexity index is 453. The van der Waals surface area contributed by atoms with E-state index in [0.29, 0.717) is 11.8 Å². The lowest BCUT2D eigenvalue weighted by molar-refractivity contribution is 0.520. The van der Waals surface area contributed by atoms with Gasteiger partial charge in [-0.1, -0.05) is 42.5 Å². The van der Waals surface area contributed by atoms with Crippen molar-refractivity contribution in [2.45, 2.75) is 31.7 Å². The number of hydrogen-bond donors (Lipinski definition) is 0. The summed E-state index contributed by atoms with van der Waals surface area (Å²) >= 11 is 5.68. The maximum absolute atomic E-state index is 5.68. The van der Waals surface area contributed by atoms with Gasteiger partial charge in [-0.2, -0.15) is 0 Å². The normalized spacial score (nSPS) is 12.6. The molecular formula is C13H16ClN3. The van der Waals surface area contributed by atoms with Gasteiger partial charge in [0.05, 0.1) is 11.6 Å². The van der Waals surface area contributed by atoms with Crippen molar-refractivity contribution in [3.8, 4) is 0 Å². The van der Waals surface area contributed by atoms with E-state index in [2.05, 4.69) is 41.5 Å². The molecule has 1 heterocycles. The number of hydrogen-bond acceptors (Lipinski definition) is 2. The Labute approximate surface area is 106 Å². The molecule has 0 spiro atoms. The number of rotatable bonds is 5. The van der Waals surface area contributed by atoms with Crippen molar-refractivity contribution in [3.05, 3.63) is 47.8 Å². The highest BCUT2D eigenvalue weighted by atomic mass is 35.5. The summed E-state index contributed by atoms with van der Waals surface area (Å²) in [7, 11) is 0.